The van der Waals surface area contributed by atoms with Gasteiger partial charge in [0.05, 0.1) is 0 Å². The average Bonchev–Trinajstić information content (AvgIpc) is 2.88. The molecule has 1 N–H and O–H groups in total. The number of amides is 2. The lowest BCUT2D eigenvalue weighted by Crippen LogP contribution is -2.36. The lowest BCUT2D eigenvalue weighted by molar-refractivity contribution is -0.155. The predicted molar refractivity (Wildman–Crippen MR) is 81.1 cm³/mol. The zero-order chi connectivity index (χ0) is 17.0. The molecule has 0 aliphatic carbocycles. The molecule has 0 unspecified atom stereocenters. The van der Waals surface area contributed by atoms with E-state index in [1.165, 1.54) is 17.9 Å². The van der Waals surface area contributed by atoms with Crippen molar-refractivity contribution >= 4 is 23.5 Å². The molecular formula is C16H19FN2O4. The molecule has 1 heterocycles. The van der Waals surface area contributed by atoms with E-state index in [-0.39, 0.29) is 18.1 Å². The van der Waals surface area contributed by atoms with Crippen LogP contribution in [0.25, 0.3) is 0 Å². The highest BCUT2D eigenvalue weighted by atomic mass is 19.1. The van der Waals surface area contributed by atoms with Gasteiger partial charge in [0.1, 0.15) is 12.4 Å². The number of carbonyl (C=O) groups excluding carboxylic acids is 3. The number of carbonyl (C=O) groups is 3. The summed E-state index contributed by atoms with van der Waals surface area (Å²) in [4.78, 5) is 36.5. The molecule has 0 saturated carbocycles. The minimum atomic E-state index is -1.04. The number of nitrogens with zero attached hydrogens (tertiary/aromatic N) is 1. The molecule has 1 fully saturated rings. The van der Waals surface area contributed by atoms with Crippen molar-refractivity contribution in [3.8, 4) is 0 Å². The van der Waals surface area contributed by atoms with Gasteiger partial charge in [-0.2, -0.15) is 0 Å². The van der Waals surface area contributed by atoms with E-state index in [1.807, 2.05) is 0 Å². The standard InChI is InChI=1S/C16H19FN2O4/c1-10-5-6-12(8-13(10)17)18-16(22)11(2)23-15(21)9-19-7-3-4-14(19)20/h5-6,8,11H,3-4,7,9H2,1-2H3,(H,18,22)/t11-/m1/s1. The first-order valence-corrected chi connectivity index (χ1v) is 7.41. The van der Waals surface area contributed by atoms with Crippen molar-refractivity contribution in [3.63, 3.8) is 0 Å². The van der Waals surface area contributed by atoms with Gasteiger partial charge in [0, 0.05) is 18.7 Å². The quantitative estimate of drug-likeness (QED) is 0.836. The average molecular weight is 322 g/mol. The Bertz CT molecular complexity index is 633. The predicted octanol–water partition coefficient (Wildman–Crippen LogP) is 1.63. The second kappa shape index (κ2) is 7.21. The van der Waals surface area contributed by atoms with Crippen LogP contribution in [0.5, 0.6) is 0 Å². The highest BCUT2D eigenvalue weighted by molar-refractivity contribution is 5.95. The first-order valence-electron chi connectivity index (χ1n) is 7.41. The van der Waals surface area contributed by atoms with Crippen LogP contribution in [0.15, 0.2) is 18.2 Å². The smallest absolute Gasteiger partial charge is 0.326 e. The number of esters is 1. The highest BCUT2D eigenvalue weighted by Gasteiger charge is 2.25. The molecule has 1 aliphatic rings. The van der Waals surface area contributed by atoms with Crippen LogP contribution in [0.1, 0.15) is 25.3 Å². The SMILES string of the molecule is Cc1ccc(NC(=O)[C@@H](C)OC(=O)CN2CCCC2=O)cc1F. The number of anilines is 1. The number of hydrogen-bond acceptors (Lipinski definition) is 4. The minimum Gasteiger partial charge on any atom is -0.451 e. The van der Waals surface area contributed by atoms with Gasteiger partial charge in [0.2, 0.25) is 5.91 Å². The molecular weight excluding hydrogens is 303 g/mol. The lowest BCUT2D eigenvalue weighted by atomic mass is 10.2. The first kappa shape index (κ1) is 16.9. The summed E-state index contributed by atoms with van der Waals surface area (Å²) in [6, 6.07) is 4.30. The van der Waals surface area contributed by atoms with Crippen molar-refractivity contribution in [2.45, 2.75) is 32.8 Å². The Morgan fingerprint density at radius 2 is 2.17 bits per heavy atom. The summed E-state index contributed by atoms with van der Waals surface area (Å²) in [5.41, 5.74) is 0.758. The van der Waals surface area contributed by atoms with Crippen molar-refractivity contribution in [2.24, 2.45) is 0 Å². The van der Waals surface area contributed by atoms with E-state index in [0.29, 0.717) is 18.5 Å². The number of ether oxygens (including phenoxy) is 1. The highest BCUT2D eigenvalue weighted by Crippen LogP contribution is 2.14. The molecule has 124 valence electrons. The van der Waals surface area contributed by atoms with Gasteiger partial charge in [-0.1, -0.05) is 6.07 Å². The maximum absolute atomic E-state index is 13.4. The number of halogens is 1. The Labute approximate surface area is 133 Å². The summed E-state index contributed by atoms with van der Waals surface area (Å²) in [5, 5.41) is 2.48. The molecule has 0 aromatic heterocycles. The molecule has 1 saturated heterocycles. The van der Waals surface area contributed by atoms with E-state index in [0.717, 1.165) is 6.42 Å². The zero-order valence-electron chi connectivity index (χ0n) is 13.1. The van der Waals surface area contributed by atoms with E-state index in [1.54, 1.807) is 19.1 Å². The van der Waals surface area contributed by atoms with Crippen LogP contribution in [0.3, 0.4) is 0 Å². The fourth-order valence-electron chi connectivity index (χ4n) is 2.23. The Kier molecular flexibility index (Phi) is 5.31. The summed E-state index contributed by atoms with van der Waals surface area (Å²) in [6.07, 6.45) is 0.119. The number of likely N-dealkylation sites (tertiary alicyclic amines) is 1. The third kappa shape index (κ3) is 4.51. The molecule has 2 amide bonds. The van der Waals surface area contributed by atoms with Gasteiger partial charge in [-0.05, 0) is 38.0 Å². The number of nitrogens with one attached hydrogen (secondary N) is 1. The van der Waals surface area contributed by atoms with Crippen molar-refractivity contribution in [1.82, 2.24) is 4.90 Å². The van der Waals surface area contributed by atoms with E-state index in [4.69, 9.17) is 4.74 Å². The van der Waals surface area contributed by atoms with Gasteiger partial charge in [-0.15, -0.1) is 0 Å². The minimum absolute atomic E-state index is 0.0887. The normalized spacial score (nSPS) is 15.4. The van der Waals surface area contributed by atoms with Crippen LogP contribution in [-0.4, -0.2) is 41.9 Å². The molecule has 0 radical (unpaired) electrons. The van der Waals surface area contributed by atoms with Crippen LogP contribution in [0, 0.1) is 12.7 Å². The monoisotopic (exact) mass is 322 g/mol. The molecule has 7 heteroatoms. The van der Waals surface area contributed by atoms with Crippen molar-refractivity contribution in [1.29, 1.82) is 0 Å². The third-order valence-corrected chi connectivity index (χ3v) is 3.61. The van der Waals surface area contributed by atoms with Crippen molar-refractivity contribution < 1.29 is 23.5 Å². The zero-order valence-corrected chi connectivity index (χ0v) is 13.1. The number of hydrogen-bond donors (Lipinski definition) is 1. The Balaban J connectivity index is 1.85. The topological polar surface area (TPSA) is 75.7 Å². The Hall–Kier alpha value is -2.44. The summed E-state index contributed by atoms with van der Waals surface area (Å²) in [5.74, 6) is -1.72. The maximum atomic E-state index is 13.4. The largest absolute Gasteiger partial charge is 0.451 e. The Morgan fingerprint density at radius 1 is 1.43 bits per heavy atom. The van der Waals surface area contributed by atoms with E-state index in [2.05, 4.69) is 5.32 Å². The second-order valence-electron chi connectivity index (χ2n) is 5.50. The molecule has 1 aromatic rings. The summed E-state index contributed by atoms with van der Waals surface area (Å²) < 4.78 is 18.4. The van der Waals surface area contributed by atoms with Gasteiger partial charge >= 0.3 is 5.97 Å². The fourth-order valence-corrected chi connectivity index (χ4v) is 2.23. The summed E-state index contributed by atoms with van der Waals surface area (Å²) >= 11 is 0. The van der Waals surface area contributed by atoms with Gasteiger partial charge in [0.15, 0.2) is 6.10 Å². The number of aryl methyl sites for hydroxylation is 1. The van der Waals surface area contributed by atoms with Crippen LogP contribution in [0.2, 0.25) is 0 Å². The van der Waals surface area contributed by atoms with Crippen molar-refractivity contribution in [3.05, 3.63) is 29.6 Å². The number of benzene rings is 1. The molecule has 23 heavy (non-hydrogen) atoms. The molecule has 1 aromatic carbocycles. The summed E-state index contributed by atoms with van der Waals surface area (Å²) in [7, 11) is 0. The molecule has 1 aliphatic heterocycles. The molecule has 2 rings (SSSR count). The van der Waals surface area contributed by atoms with Crippen LogP contribution >= 0.6 is 0 Å². The van der Waals surface area contributed by atoms with Gasteiger partial charge < -0.3 is 15.0 Å². The van der Waals surface area contributed by atoms with Crippen LogP contribution in [0.4, 0.5) is 10.1 Å². The van der Waals surface area contributed by atoms with Gasteiger partial charge in [-0.3, -0.25) is 14.4 Å². The molecule has 1 atom stereocenters. The second-order valence-corrected chi connectivity index (χ2v) is 5.50. The molecule has 0 spiro atoms. The van der Waals surface area contributed by atoms with E-state index >= 15 is 0 Å². The third-order valence-electron chi connectivity index (χ3n) is 3.61. The first-order chi connectivity index (χ1) is 10.9. The van der Waals surface area contributed by atoms with Gasteiger partial charge in [0.25, 0.3) is 5.91 Å². The fraction of sp³-hybridized carbons (Fsp3) is 0.438. The number of rotatable bonds is 5. The van der Waals surface area contributed by atoms with Crippen molar-refractivity contribution in [2.75, 3.05) is 18.4 Å². The maximum Gasteiger partial charge on any atom is 0.326 e. The Morgan fingerprint density at radius 3 is 2.78 bits per heavy atom. The van der Waals surface area contributed by atoms with Gasteiger partial charge in [-0.25, -0.2) is 4.39 Å². The van der Waals surface area contributed by atoms with Crippen LogP contribution < -0.4 is 5.32 Å². The van der Waals surface area contributed by atoms with E-state index < -0.39 is 23.8 Å². The molecule has 0 bridgehead atoms. The van der Waals surface area contributed by atoms with Crippen LogP contribution in [-0.2, 0) is 19.1 Å². The lowest BCUT2D eigenvalue weighted by Gasteiger charge is -2.17. The molecule has 6 nitrogen and oxygen atoms in total. The van der Waals surface area contributed by atoms with E-state index in [9.17, 15) is 18.8 Å². The summed E-state index contributed by atoms with van der Waals surface area (Å²) in [6.45, 7) is 3.40.